The number of nitrogens with zero attached hydrogens (tertiary/aromatic N) is 5. The number of hydrogen-bond donors (Lipinski definition) is 2. The molecule has 0 spiro atoms. The number of imidazole rings is 1. The number of pyridine rings is 2. The highest BCUT2D eigenvalue weighted by Crippen LogP contribution is 2.31. The number of aryl methyl sites for hydroxylation is 2. The van der Waals surface area contributed by atoms with Crippen LogP contribution in [0.25, 0.3) is 22.4 Å². The first-order valence-electron chi connectivity index (χ1n) is 9.50. The van der Waals surface area contributed by atoms with Crippen molar-refractivity contribution in [3.05, 3.63) is 68.9 Å². The number of nitrogens with one attached hydrogen (secondary N) is 2. The quantitative estimate of drug-likeness (QED) is 0.480. The molecule has 0 aliphatic heterocycles. The molecule has 0 aliphatic carbocycles. The molecule has 4 rings (SSSR count). The van der Waals surface area contributed by atoms with Crippen LogP contribution in [-0.2, 0) is 24.6 Å². The Labute approximate surface area is 182 Å². The summed E-state index contributed by atoms with van der Waals surface area (Å²) in [5, 5.41) is 2.57. The summed E-state index contributed by atoms with van der Waals surface area (Å²) in [4.78, 5) is 50.2. The maximum absolute atomic E-state index is 12.9. The second-order valence-electron chi connectivity index (χ2n) is 7.21. The minimum atomic E-state index is -4.56. The van der Waals surface area contributed by atoms with Crippen molar-refractivity contribution >= 4 is 22.9 Å². The van der Waals surface area contributed by atoms with E-state index in [2.05, 4.69) is 25.3 Å². The lowest BCUT2D eigenvalue weighted by molar-refractivity contribution is -0.141. The zero-order valence-electron chi connectivity index (χ0n) is 17.3. The second-order valence-corrected chi connectivity index (χ2v) is 7.21. The van der Waals surface area contributed by atoms with Crippen LogP contribution in [0.1, 0.15) is 11.3 Å². The van der Waals surface area contributed by atoms with E-state index in [9.17, 15) is 27.6 Å². The first-order valence-corrected chi connectivity index (χ1v) is 9.50. The Bertz CT molecular complexity index is 1500. The van der Waals surface area contributed by atoms with Crippen LogP contribution in [0.5, 0.6) is 0 Å². The molecule has 0 unspecified atom stereocenters. The maximum atomic E-state index is 12.9. The van der Waals surface area contributed by atoms with Crippen LogP contribution >= 0.6 is 0 Å². The van der Waals surface area contributed by atoms with Gasteiger partial charge in [0.25, 0.3) is 5.56 Å². The number of fused-ring (bicyclic) bond motifs is 1. The summed E-state index contributed by atoms with van der Waals surface area (Å²) in [6, 6.07) is 5.98. The molecule has 33 heavy (non-hydrogen) atoms. The molecule has 0 aliphatic rings. The summed E-state index contributed by atoms with van der Waals surface area (Å²) in [6.07, 6.45) is -2.23. The summed E-state index contributed by atoms with van der Waals surface area (Å²) >= 11 is 0. The molecule has 4 heterocycles. The predicted octanol–water partition coefficient (Wildman–Crippen LogP) is 1.85. The van der Waals surface area contributed by atoms with Crippen LogP contribution in [0.2, 0.25) is 0 Å². The van der Waals surface area contributed by atoms with E-state index in [1.165, 1.54) is 37.0 Å². The molecule has 0 bridgehead atoms. The van der Waals surface area contributed by atoms with E-state index in [1.54, 1.807) is 12.1 Å². The fourth-order valence-electron chi connectivity index (χ4n) is 3.32. The van der Waals surface area contributed by atoms with Crippen molar-refractivity contribution in [1.82, 2.24) is 29.1 Å². The molecule has 13 heteroatoms. The minimum absolute atomic E-state index is 0.0529. The summed E-state index contributed by atoms with van der Waals surface area (Å²) in [5.74, 6) is -0.380. The minimum Gasteiger partial charge on any atom is -0.315 e. The Hall–Kier alpha value is -4.29. The predicted molar refractivity (Wildman–Crippen MR) is 111 cm³/mol. The third kappa shape index (κ3) is 4.24. The van der Waals surface area contributed by atoms with E-state index in [-0.39, 0.29) is 29.1 Å². The molecule has 2 N–H and O–H groups in total. The summed E-state index contributed by atoms with van der Waals surface area (Å²) in [7, 11) is 1.44. The Morgan fingerprint density at radius 2 is 1.97 bits per heavy atom. The van der Waals surface area contributed by atoms with E-state index >= 15 is 0 Å². The number of aromatic amines is 1. The van der Waals surface area contributed by atoms with E-state index < -0.39 is 29.0 Å². The van der Waals surface area contributed by atoms with Crippen LogP contribution in [0.4, 0.5) is 19.0 Å². The van der Waals surface area contributed by atoms with Gasteiger partial charge in [-0.1, -0.05) is 6.07 Å². The van der Waals surface area contributed by atoms with E-state index in [4.69, 9.17) is 0 Å². The highest BCUT2D eigenvalue weighted by atomic mass is 19.4. The number of anilines is 1. The highest BCUT2D eigenvalue weighted by molar-refractivity contribution is 5.90. The van der Waals surface area contributed by atoms with Crippen molar-refractivity contribution < 1.29 is 18.0 Å². The number of alkyl halides is 3. The van der Waals surface area contributed by atoms with Crippen molar-refractivity contribution in [2.45, 2.75) is 19.6 Å². The van der Waals surface area contributed by atoms with Crippen molar-refractivity contribution in [2.24, 2.45) is 7.05 Å². The Morgan fingerprint density at radius 3 is 2.67 bits per heavy atom. The number of amides is 1. The van der Waals surface area contributed by atoms with E-state index in [0.717, 1.165) is 10.8 Å². The molecule has 4 aromatic heterocycles. The number of H-pyrrole nitrogens is 1. The van der Waals surface area contributed by atoms with Gasteiger partial charge in [0.1, 0.15) is 18.1 Å². The van der Waals surface area contributed by atoms with Crippen LogP contribution in [-0.4, -0.2) is 35.0 Å². The van der Waals surface area contributed by atoms with Gasteiger partial charge in [0, 0.05) is 18.8 Å². The molecule has 0 saturated carbocycles. The van der Waals surface area contributed by atoms with Gasteiger partial charge in [-0.05, 0) is 30.7 Å². The van der Waals surface area contributed by atoms with Gasteiger partial charge in [-0.3, -0.25) is 24.1 Å². The van der Waals surface area contributed by atoms with Crippen LogP contribution in [0.3, 0.4) is 0 Å². The van der Waals surface area contributed by atoms with E-state index in [0.29, 0.717) is 11.3 Å². The highest BCUT2D eigenvalue weighted by Gasteiger charge is 2.34. The molecule has 0 radical (unpaired) electrons. The van der Waals surface area contributed by atoms with Gasteiger partial charge in [-0.2, -0.15) is 13.2 Å². The third-order valence-electron chi connectivity index (χ3n) is 4.85. The zero-order valence-corrected chi connectivity index (χ0v) is 17.3. The molecule has 0 fully saturated rings. The zero-order chi connectivity index (χ0) is 23.9. The molecule has 1 amide bonds. The summed E-state index contributed by atoms with van der Waals surface area (Å²) < 4.78 is 41.3. The van der Waals surface area contributed by atoms with Crippen LogP contribution < -0.4 is 16.6 Å². The average molecular weight is 459 g/mol. The number of hydrogen-bond acceptors (Lipinski definition) is 6. The van der Waals surface area contributed by atoms with Gasteiger partial charge in [0.15, 0.2) is 11.2 Å². The molecule has 4 aromatic rings. The summed E-state index contributed by atoms with van der Waals surface area (Å²) in [6.45, 7) is 1.02. The largest absolute Gasteiger partial charge is 0.433 e. The smallest absolute Gasteiger partial charge is 0.315 e. The molecular weight excluding hydrogens is 443 g/mol. The Balaban J connectivity index is 1.56. The summed E-state index contributed by atoms with van der Waals surface area (Å²) in [5.41, 5.74) is -1.48. The van der Waals surface area contributed by atoms with Crippen molar-refractivity contribution in [1.29, 1.82) is 0 Å². The van der Waals surface area contributed by atoms with Gasteiger partial charge < -0.3 is 9.88 Å². The van der Waals surface area contributed by atoms with E-state index in [1.807, 2.05) is 0 Å². The monoisotopic (exact) mass is 459 g/mol. The molecule has 170 valence electrons. The lowest BCUT2D eigenvalue weighted by atomic mass is 10.1. The SMILES string of the molecule is Cc1cc(-c2cccc(NC(=O)Cn3cnc4c3c(=O)[nH]c(=O)n4C)n2)cnc1C(F)(F)F. The van der Waals surface area contributed by atoms with Gasteiger partial charge in [-0.15, -0.1) is 0 Å². The Kier molecular flexibility index (Phi) is 5.31. The average Bonchev–Trinajstić information content (AvgIpc) is 3.15. The van der Waals surface area contributed by atoms with Crippen molar-refractivity contribution in [2.75, 3.05) is 5.32 Å². The molecule has 0 atom stereocenters. The first kappa shape index (κ1) is 21.9. The Morgan fingerprint density at radius 1 is 1.21 bits per heavy atom. The van der Waals surface area contributed by atoms with Gasteiger partial charge in [-0.25, -0.2) is 14.8 Å². The maximum Gasteiger partial charge on any atom is 0.433 e. The third-order valence-corrected chi connectivity index (χ3v) is 4.85. The number of rotatable bonds is 4. The lowest BCUT2D eigenvalue weighted by Crippen LogP contribution is -2.30. The number of halogens is 3. The fraction of sp³-hybridized carbons (Fsp3) is 0.200. The second kappa shape index (κ2) is 8.00. The number of carbonyl (C=O) groups is 1. The molecule has 10 nitrogen and oxygen atoms in total. The standard InChI is InChI=1S/C20H16F3N7O3/c1-10-6-11(7-24-16(10)20(21,22)23)12-4-3-5-13(26-12)27-14(31)8-30-9-25-17-15(30)18(32)28-19(33)29(17)2/h3-7,9H,8H2,1-2H3,(H,26,27,31)(H,28,32,33). The van der Waals surface area contributed by atoms with Gasteiger partial charge in [0.2, 0.25) is 5.91 Å². The first-order chi connectivity index (χ1) is 15.5. The van der Waals surface area contributed by atoms with Crippen LogP contribution in [0, 0.1) is 6.92 Å². The fourth-order valence-corrected chi connectivity index (χ4v) is 3.32. The number of carbonyl (C=O) groups excluding carboxylic acids is 1. The molecule has 0 saturated heterocycles. The molecular formula is C20H16F3N7O3. The van der Waals surface area contributed by atoms with Crippen molar-refractivity contribution in [3.63, 3.8) is 0 Å². The van der Waals surface area contributed by atoms with Gasteiger partial charge >= 0.3 is 11.9 Å². The lowest BCUT2D eigenvalue weighted by Gasteiger charge is -2.11. The van der Waals surface area contributed by atoms with Crippen molar-refractivity contribution in [3.8, 4) is 11.3 Å². The van der Waals surface area contributed by atoms with Crippen LogP contribution in [0.15, 0.2) is 46.4 Å². The molecule has 0 aromatic carbocycles. The van der Waals surface area contributed by atoms with Gasteiger partial charge in [0.05, 0.1) is 12.0 Å². The topological polar surface area (TPSA) is 128 Å². The number of aromatic nitrogens is 6. The normalized spacial score (nSPS) is 11.7.